The number of hydrogen-bond donors (Lipinski definition) is 11. The predicted octanol–water partition coefficient (Wildman–Crippen LogP) is 9.90. The number of benzene rings is 3. The second-order valence-electron chi connectivity index (χ2n) is 25.6. The van der Waals surface area contributed by atoms with E-state index in [1.165, 1.54) is 65.6 Å². The van der Waals surface area contributed by atoms with Gasteiger partial charge in [0.15, 0.2) is 0 Å². The normalized spacial score (nSPS) is 14.3. The summed E-state index contributed by atoms with van der Waals surface area (Å²) in [6, 6.07) is 24.9. The molecule has 3 fully saturated rings. The third-order valence-corrected chi connectivity index (χ3v) is 16.4. The van der Waals surface area contributed by atoms with Crippen molar-refractivity contribution in [2.24, 2.45) is 17.2 Å². The summed E-state index contributed by atoms with van der Waals surface area (Å²) < 4.78 is 37.8. The Balaban J connectivity index is 0.00000141. The van der Waals surface area contributed by atoms with Crippen molar-refractivity contribution < 1.29 is 95.4 Å². The zero-order valence-corrected chi connectivity index (χ0v) is 64.8. The summed E-state index contributed by atoms with van der Waals surface area (Å²) in [5, 5.41) is 21.2. The van der Waals surface area contributed by atoms with Crippen molar-refractivity contribution in [3.05, 3.63) is 108 Å². The minimum absolute atomic E-state index is 0. The van der Waals surface area contributed by atoms with Gasteiger partial charge in [-0.2, -0.15) is 0 Å². The van der Waals surface area contributed by atoms with E-state index < -0.39 is 90.5 Å². The van der Waals surface area contributed by atoms with E-state index in [1.54, 1.807) is 0 Å². The highest BCUT2D eigenvalue weighted by molar-refractivity contribution is 5.96. The molecule has 110 heavy (non-hydrogen) atoms. The first-order valence-corrected chi connectivity index (χ1v) is 38.4. The molecule has 5 unspecified atom stereocenters. The van der Waals surface area contributed by atoms with E-state index in [0.29, 0.717) is 77.7 Å². The van der Waals surface area contributed by atoms with Crippen LogP contribution in [0.15, 0.2) is 91.0 Å². The van der Waals surface area contributed by atoms with Crippen LogP contribution >= 0.6 is 0 Å². The Morgan fingerprint density at radius 3 is 1.21 bits per heavy atom. The average molecular weight is 1550 g/mol. The second kappa shape index (κ2) is 67.6. The lowest BCUT2D eigenvalue weighted by molar-refractivity contribution is -0.142. The standard InChI is InChI=1S/C26H42N4O6.C20H33N3O3.C15H18N2O5.C7H9NO5.C6H15N.C4H8O.CH4/c1-3-4-5-10-17-28-25(33)22(30-24(32)21(27)15-16-23(31)35-2)14-9-11-18-29-26(34)36-19-20-12-7-6-8-13-20;1-2-3-4-9-14-22-19(24)18(21)13-8-10-15-23-20(25)26-16-17-11-6-5-7-12-17;18-13-12(17-15(20)22-13)8-4-5-9-16-14(19)21-10-11-6-2-1-3-7-11;1-12-5(9)3-2-4-6(10)13-7(11)8-4;1-2-3-4-5-6-7;1-2-4-5-3-1;/h6-8,12-13,21-22H,3-5,9-11,14-19,27H2,1-2H3,(H,28,33)(H,29,34)(H,30,32);5-7,11-12,18H,2-4,8-10,13-16,21H2,1H3,(H,22,24)(H,23,25);1-3,6-7,12H,4-5,8-10H2,(H,16,19)(H,17,20);4H,2-3H2,1H3,(H,8,11);2-7H2,1H3;1-4H2;1H4. The van der Waals surface area contributed by atoms with Gasteiger partial charge in [0.25, 0.3) is 0 Å². The summed E-state index contributed by atoms with van der Waals surface area (Å²) in [7, 11) is 2.53. The molecule has 31 nitrogen and oxygen atoms in total. The summed E-state index contributed by atoms with van der Waals surface area (Å²) in [6.07, 6.45) is 19.5. The Morgan fingerprint density at radius 2 is 0.818 bits per heavy atom. The molecule has 31 heteroatoms. The van der Waals surface area contributed by atoms with Gasteiger partial charge >= 0.3 is 54.3 Å². The monoisotopic (exact) mass is 1550 g/mol. The third kappa shape index (κ3) is 55.0. The number of nitrogens with one attached hydrogen (secondary N) is 8. The van der Waals surface area contributed by atoms with E-state index in [-0.39, 0.29) is 64.7 Å². The first kappa shape index (κ1) is 101. The van der Waals surface area contributed by atoms with E-state index in [0.717, 1.165) is 87.8 Å². The number of esters is 4. The number of unbranched alkanes of at least 4 members (excludes halogenated alkanes) is 12. The maximum atomic E-state index is 12.7. The molecule has 0 saturated carbocycles. The SMILES string of the molecule is C.C1CCOC1.CCCCCCN.CCCCCCNC(=O)C(CCCCNC(=O)OCc1ccccc1)NC(=O)C(N)CCC(=O)OC.CCCCCCNC(=O)C(N)CCCCNC(=O)OCc1ccccc1.COC(=O)CCC1NC(=O)OC1=O.O=C(NCCCCC1NC(=O)OC1=O)OCc1ccccc1. The van der Waals surface area contributed by atoms with Crippen LogP contribution in [0.3, 0.4) is 0 Å². The van der Waals surface area contributed by atoms with Crippen molar-refractivity contribution in [2.45, 2.75) is 252 Å². The molecule has 3 aromatic rings. The van der Waals surface area contributed by atoms with Crippen LogP contribution in [0.2, 0.25) is 0 Å². The molecule has 0 spiro atoms. The van der Waals surface area contributed by atoms with Crippen molar-refractivity contribution >= 4 is 72.1 Å². The third-order valence-electron chi connectivity index (χ3n) is 16.4. The van der Waals surface area contributed by atoms with Crippen LogP contribution in [0.5, 0.6) is 0 Å². The maximum absolute atomic E-state index is 12.7. The summed E-state index contributed by atoms with van der Waals surface area (Å²) in [5.74, 6) is -2.91. The van der Waals surface area contributed by atoms with Gasteiger partial charge in [-0.05, 0) is 126 Å². The first-order valence-electron chi connectivity index (χ1n) is 38.4. The average Bonchev–Trinajstić information content (AvgIpc) is 1.71. The second-order valence-corrected chi connectivity index (χ2v) is 25.6. The minimum atomic E-state index is -0.926. The summed E-state index contributed by atoms with van der Waals surface area (Å²) in [4.78, 5) is 137. The van der Waals surface area contributed by atoms with Gasteiger partial charge in [-0.3, -0.25) is 24.0 Å². The fourth-order valence-electron chi connectivity index (χ4n) is 9.91. The van der Waals surface area contributed by atoms with Crippen molar-refractivity contribution in [3.63, 3.8) is 0 Å². The fourth-order valence-corrected chi connectivity index (χ4v) is 9.91. The van der Waals surface area contributed by atoms with E-state index in [4.69, 9.17) is 36.1 Å². The fraction of sp³-hybridized carbons (Fsp3) is 0.620. The number of ether oxygens (including phenoxy) is 8. The smallest absolute Gasteiger partial charge is 0.415 e. The van der Waals surface area contributed by atoms with E-state index >= 15 is 0 Å². The number of rotatable bonds is 45. The number of cyclic esters (lactones) is 4. The Bertz CT molecular complexity index is 2980. The molecule has 3 aromatic carbocycles. The molecule has 3 saturated heterocycles. The zero-order valence-electron chi connectivity index (χ0n) is 64.8. The number of amides is 8. The van der Waals surface area contributed by atoms with Crippen molar-refractivity contribution in [3.8, 4) is 0 Å². The predicted molar refractivity (Wildman–Crippen MR) is 417 cm³/mol. The van der Waals surface area contributed by atoms with Crippen LogP contribution in [0.1, 0.15) is 218 Å². The molecule has 3 heterocycles. The molecule has 0 aromatic heterocycles. The molecule has 5 atom stereocenters. The number of methoxy groups -OCH3 is 2. The molecule has 0 bridgehead atoms. The molecule has 3 aliphatic rings. The van der Waals surface area contributed by atoms with Gasteiger partial charge in [0.1, 0.15) is 37.9 Å². The highest BCUT2D eigenvalue weighted by Crippen LogP contribution is 2.12. The van der Waals surface area contributed by atoms with Crippen molar-refractivity contribution in [1.29, 1.82) is 0 Å². The lowest BCUT2D eigenvalue weighted by Gasteiger charge is -2.21. The van der Waals surface area contributed by atoms with E-state index in [9.17, 15) is 57.5 Å². The van der Waals surface area contributed by atoms with Gasteiger partial charge in [0.2, 0.25) is 17.7 Å². The number of carbonyl (C=O) groups is 12. The largest absolute Gasteiger partial charge is 0.469 e. The number of hydrogen-bond acceptors (Lipinski definition) is 23. The first-order chi connectivity index (χ1) is 52.7. The summed E-state index contributed by atoms with van der Waals surface area (Å²) in [5.41, 5.74) is 19.8. The van der Waals surface area contributed by atoms with Crippen LogP contribution in [0, 0.1) is 0 Å². The summed E-state index contributed by atoms with van der Waals surface area (Å²) >= 11 is 0. The summed E-state index contributed by atoms with van der Waals surface area (Å²) in [6.45, 7) is 12.6. The van der Waals surface area contributed by atoms with Crippen molar-refractivity contribution in [2.75, 3.05) is 66.7 Å². The van der Waals surface area contributed by atoms with Crippen LogP contribution in [-0.4, -0.2) is 169 Å². The molecule has 8 amide bonds. The van der Waals surface area contributed by atoms with Gasteiger partial charge in [-0.25, -0.2) is 33.6 Å². The Kier molecular flexibility index (Phi) is 61.8. The highest BCUT2D eigenvalue weighted by atomic mass is 16.6. The topological polar surface area (TPSA) is 453 Å². The molecular formula is C79H129N11O20. The van der Waals surface area contributed by atoms with Crippen LogP contribution in [0.4, 0.5) is 24.0 Å². The van der Waals surface area contributed by atoms with Crippen LogP contribution < -0.4 is 59.7 Å². The number of nitrogens with two attached hydrogens (primary N) is 3. The molecule has 0 aliphatic carbocycles. The number of carbonyl (C=O) groups excluding carboxylic acids is 12. The Morgan fingerprint density at radius 1 is 0.445 bits per heavy atom. The van der Waals surface area contributed by atoms with Gasteiger partial charge in [0.05, 0.1) is 26.3 Å². The van der Waals surface area contributed by atoms with E-state index in [2.05, 4.69) is 82.3 Å². The number of alkyl carbamates (subject to hydrolysis) is 5. The van der Waals surface area contributed by atoms with Crippen molar-refractivity contribution in [1.82, 2.24) is 42.5 Å². The minimum Gasteiger partial charge on any atom is -0.469 e. The lowest BCUT2D eigenvalue weighted by Crippen LogP contribution is -2.51. The Hall–Kier alpha value is -9.46. The van der Waals surface area contributed by atoms with Gasteiger partial charge < -0.3 is 97.6 Å². The Labute approximate surface area is 650 Å². The van der Waals surface area contributed by atoms with Crippen LogP contribution in [-0.2, 0) is 91.3 Å². The molecule has 620 valence electrons. The molecular weight excluding hydrogens is 1420 g/mol. The molecule has 0 radical (unpaired) electrons. The van der Waals surface area contributed by atoms with Gasteiger partial charge in [-0.15, -0.1) is 0 Å². The van der Waals surface area contributed by atoms with Crippen LogP contribution in [0.25, 0.3) is 0 Å². The molecule has 14 N–H and O–H groups in total. The molecule has 3 aliphatic heterocycles. The lowest BCUT2D eigenvalue weighted by atomic mass is 10.1. The zero-order chi connectivity index (χ0) is 80.3. The highest BCUT2D eigenvalue weighted by Gasteiger charge is 2.33. The van der Waals surface area contributed by atoms with Gasteiger partial charge in [-0.1, -0.05) is 177 Å². The quantitative estimate of drug-likeness (QED) is 0.0108. The van der Waals surface area contributed by atoms with Gasteiger partial charge in [0, 0.05) is 58.8 Å². The maximum Gasteiger partial charge on any atom is 0.415 e. The van der Waals surface area contributed by atoms with E-state index in [1.807, 2.05) is 91.0 Å². The molecule has 6 rings (SSSR count).